The van der Waals surface area contributed by atoms with Crippen molar-refractivity contribution in [3.05, 3.63) is 41.1 Å². The topological polar surface area (TPSA) is 59.3 Å². The van der Waals surface area contributed by atoms with E-state index < -0.39 is 46.2 Å². The van der Waals surface area contributed by atoms with Gasteiger partial charge in [-0.05, 0) is 75.1 Å². The van der Waals surface area contributed by atoms with Gasteiger partial charge in [0, 0.05) is 49.4 Å². The largest absolute Gasteiger partial charge is 0.461 e. The lowest BCUT2D eigenvalue weighted by molar-refractivity contribution is -0.137. The molecular weight excluding hydrogens is 610 g/mol. The van der Waals surface area contributed by atoms with Crippen molar-refractivity contribution in [2.75, 3.05) is 37.7 Å². The molecular formula is C33H34F6N6O. The average Bonchev–Trinajstić information content (AvgIpc) is 3.73. The van der Waals surface area contributed by atoms with Gasteiger partial charge in [0.1, 0.15) is 29.9 Å². The van der Waals surface area contributed by atoms with E-state index in [0.29, 0.717) is 49.1 Å². The van der Waals surface area contributed by atoms with E-state index in [1.807, 2.05) is 4.90 Å². The Morgan fingerprint density at radius 2 is 1.80 bits per heavy atom. The fourth-order valence-corrected chi connectivity index (χ4v) is 8.82. The Balaban J connectivity index is 1.33. The quantitative estimate of drug-likeness (QED) is 0.219. The molecule has 0 radical (unpaired) electrons. The predicted molar refractivity (Wildman–Crippen MR) is 160 cm³/mol. The molecule has 2 aromatic carbocycles. The molecule has 13 heteroatoms. The van der Waals surface area contributed by atoms with E-state index in [0.717, 1.165) is 44.7 Å². The molecule has 1 aliphatic carbocycles. The van der Waals surface area contributed by atoms with Gasteiger partial charge < -0.3 is 9.64 Å². The third-order valence-electron chi connectivity index (χ3n) is 10.7. The van der Waals surface area contributed by atoms with Gasteiger partial charge >= 0.3 is 12.2 Å². The Kier molecular flexibility index (Phi) is 6.76. The second-order valence-electron chi connectivity index (χ2n) is 13.7. The van der Waals surface area contributed by atoms with E-state index in [4.69, 9.17) is 4.74 Å². The fourth-order valence-electron chi connectivity index (χ4n) is 8.82. The van der Waals surface area contributed by atoms with Crippen LogP contribution in [0, 0.1) is 30.4 Å². The molecule has 4 fully saturated rings. The Morgan fingerprint density at radius 3 is 2.54 bits per heavy atom. The van der Waals surface area contributed by atoms with Crippen LogP contribution in [0.15, 0.2) is 18.3 Å². The molecule has 2 unspecified atom stereocenters. The molecule has 2 bridgehead atoms. The summed E-state index contributed by atoms with van der Waals surface area (Å²) in [4.78, 5) is 13.1. The minimum Gasteiger partial charge on any atom is -0.461 e. The summed E-state index contributed by atoms with van der Waals surface area (Å²) in [6.45, 7) is 3.71. The summed E-state index contributed by atoms with van der Waals surface area (Å²) in [7, 11) is 1.44. The standard InChI is InChI=1S/C33H34F6N6O/c1-17-8-20-12-40-43(2)29(20)25(26(17)33(37,38)39)24-23(35)10-22-28(27(24)36)41-31(42-30(22)44-13-18-4-5-19(9-18)14-44)46-16-32-6-3-7-45(32)15-21(34)11-32/h8,10,12,18-19,21H,3-7,9,11,13-16H2,1-2H3/t18?,19?,21-,32+/m1/s1. The molecule has 8 rings (SSSR count). The van der Waals surface area contributed by atoms with Crippen LogP contribution < -0.4 is 9.64 Å². The van der Waals surface area contributed by atoms with Crippen molar-refractivity contribution in [3.8, 4) is 17.1 Å². The first-order chi connectivity index (χ1) is 21.9. The zero-order chi connectivity index (χ0) is 32.1. The van der Waals surface area contributed by atoms with Gasteiger partial charge in [-0.25, -0.2) is 13.2 Å². The maximum atomic E-state index is 16.9. The molecule has 4 atom stereocenters. The number of anilines is 1. The number of fused-ring (bicyclic) bond motifs is 5. The van der Waals surface area contributed by atoms with Crippen LogP contribution in [0.4, 0.5) is 32.2 Å². The van der Waals surface area contributed by atoms with Crippen LogP contribution >= 0.6 is 0 Å². The number of hydrogen-bond acceptors (Lipinski definition) is 6. The number of ether oxygens (including phenoxy) is 1. The van der Waals surface area contributed by atoms with Crippen molar-refractivity contribution in [2.45, 2.75) is 63.3 Å². The summed E-state index contributed by atoms with van der Waals surface area (Å²) in [5.74, 6) is -1.27. The summed E-state index contributed by atoms with van der Waals surface area (Å²) in [5.41, 5.74) is -3.67. The molecule has 46 heavy (non-hydrogen) atoms. The number of halogens is 6. The van der Waals surface area contributed by atoms with Crippen LogP contribution in [0.25, 0.3) is 32.9 Å². The van der Waals surface area contributed by atoms with Crippen molar-refractivity contribution in [3.63, 3.8) is 0 Å². The normalized spacial score (nSPS) is 26.5. The molecule has 0 N–H and O–H groups in total. The molecule has 1 saturated carbocycles. The number of nitrogens with zero attached hydrogens (tertiary/aromatic N) is 6. The SMILES string of the molecule is Cc1cc2cnn(C)c2c(-c2c(F)cc3c(N4CC5CCC(C5)C4)nc(OC[C@@]45CCCN4C[C@H](F)C5)nc3c2F)c1C(F)(F)F. The van der Waals surface area contributed by atoms with Gasteiger partial charge in [0.25, 0.3) is 0 Å². The third kappa shape index (κ3) is 4.63. The van der Waals surface area contributed by atoms with Crippen LogP contribution in [0.2, 0.25) is 0 Å². The molecule has 2 aromatic heterocycles. The van der Waals surface area contributed by atoms with Gasteiger partial charge in [-0.2, -0.15) is 28.2 Å². The van der Waals surface area contributed by atoms with E-state index in [1.54, 1.807) is 0 Å². The fraction of sp³-hybridized carbons (Fsp3) is 0.545. The Hall–Kier alpha value is -3.61. The first-order valence-electron chi connectivity index (χ1n) is 15.9. The highest BCUT2D eigenvalue weighted by Gasteiger charge is 2.49. The van der Waals surface area contributed by atoms with Crippen molar-refractivity contribution < 1.29 is 31.1 Å². The van der Waals surface area contributed by atoms with E-state index in [9.17, 15) is 17.6 Å². The van der Waals surface area contributed by atoms with Crippen molar-refractivity contribution >= 4 is 27.6 Å². The maximum Gasteiger partial charge on any atom is 0.417 e. The summed E-state index contributed by atoms with van der Waals surface area (Å²) in [5, 5.41) is 4.48. The molecule has 3 aliphatic heterocycles. The third-order valence-corrected chi connectivity index (χ3v) is 10.7. The van der Waals surface area contributed by atoms with E-state index in [1.165, 1.54) is 30.9 Å². The van der Waals surface area contributed by atoms with Crippen molar-refractivity contribution in [1.29, 1.82) is 0 Å². The lowest BCUT2D eigenvalue weighted by Crippen LogP contribution is -2.43. The van der Waals surface area contributed by atoms with Crippen LogP contribution in [0.5, 0.6) is 6.01 Å². The summed E-state index contributed by atoms with van der Waals surface area (Å²) in [6.07, 6.45) is 0.602. The number of rotatable bonds is 5. The molecule has 244 valence electrons. The molecule has 4 aromatic rings. The van der Waals surface area contributed by atoms with Crippen LogP contribution in [-0.4, -0.2) is 69.1 Å². The van der Waals surface area contributed by atoms with Gasteiger partial charge in [0.2, 0.25) is 0 Å². The second kappa shape index (κ2) is 10.4. The van der Waals surface area contributed by atoms with Gasteiger partial charge in [-0.3, -0.25) is 9.58 Å². The highest BCUT2D eigenvalue weighted by Crippen LogP contribution is 2.47. The Labute approximate surface area is 261 Å². The molecule has 3 saturated heterocycles. The summed E-state index contributed by atoms with van der Waals surface area (Å²) >= 11 is 0. The number of piperidine rings is 1. The highest BCUT2D eigenvalue weighted by atomic mass is 19.4. The number of hydrogen-bond donors (Lipinski definition) is 0. The van der Waals surface area contributed by atoms with E-state index in [2.05, 4.69) is 20.0 Å². The Bertz CT molecular complexity index is 1860. The monoisotopic (exact) mass is 644 g/mol. The minimum atomic E-state index is -4.91. The molecule has 4 aliphatic rings. The molecule has 0 amide bonds. The highest BCUT2D eigenvalue weighted by molar-refractivity contribution is 6.01. The molecule has 5 heterocycles. The Morgan fingerprint density at radius 1 is 1.04 bits per heavy atom. The van der Waals surface area contributed by atoms with Crippen LogP contribution in [0.3, 0.4) is 0 Å². The number of aromatic nitrogens is 4. The lowest BCUT2D eigenvalue weighted by Gasteiger charge is -2.34. The van der Waals surface area contributed by atoms with Gasteiger partial charge in [0.05, 0.1) is 28.4 Å². The van der Waals surface area contributed by atoms with Crippen molar-refractivity contribution in [1.82, 2.24) is 24.6 Å². The smallest absolute Gasteiger partial charge is 0.417 e. The first-order valence-corrected chi connectivity index (χ1v) is 15.9. The van der Waals surface area contributed by atoms with E-state index in [-0.39, 0.29) is 34.6 Å². The van der Waals surface area contributed by atoms with E-state index >= 15 is 8.78 Å². The van der Waals surface area contributed by atoms with Gasteiger partial charge in [0.15, 0.2) is 5.82 Å². The average molecular weight is 645 g/mol. The van der Waals surface area contributed by atoms with Gasteiger partial charge in [-0.1, -0.05) is 0 Å². The second-order valence-corrected chi connectivity index (χ2v) is 13.7. The molecule has 7 nitrogen and oxygen atoms in total. The molecule has 0 spiro atoms. The number of benzene rings is 2. The summed E-state index contributed by atoms with van der Waals surface area (Å²) in [6, 6.07) is 2.21. The number of aryl methyl sites for hydroxylation is 2. The maximum absolute atomic E-state index is 16.9. The minimum absolute atomic E-state index is 0.0455. The number of alkyl halides is 4. The zero-order valence-electron chi connectivity index (χ0n) is 25.6. The summed E-state index contributed by atoms with van der Waals surface area (Å²) < 4.78 is 98.9. The zero-order valence-corrected chi connectivity index (χ0v) is 25.6. The predicted octanol–water partition coefficient (Wildman–Crippen LogP) is 6.98. The van der Waals surface area contributed by atoms with Crippen molar-refractivity contribution in [2.24, 2.45) is 18.9 Å². The van der Waals surface area contributed by atoms with Crippen LogP contribution in [0.1, 0.15) is 49.7 Å². The lowest BCUT2D eigenvalue weighted by atomic mass is 9.91. The van der Waals surface area contributed by atoms with Gasteiger partial charge in [-0.15, -0.1) is 0 Å². The first kappa shape index (κ1) is 29.8. The van der Waals surface area contributed by atoms with Crippen LogP contribution in [-0.2, 0) is 13.2 Å².